The zero-order valence-electron chi connectivity index (χ0n) is 10.6. The van der Waals surface area contributed by atoms with Gasteiger partial charge in [-0.3, -0.25) is 4.90 Å². The van der Waals surface area contributed by atoms with Gasteiger partial charge in [0.1, 0.15) is 6.09 Å². The van der Waals surface area contributed by atoms with E-state index in [4.69, 9.17) is 81.2 Å². The second-order valence-corrected chi connectivity index (χ2v) is 6.82. The average Bonchev–Trinajstić information content (AvgIpc) is 2.50. The van der Waals surface area contributed by atoms with Gasteiger partial charge in [-0.05, 0) is 18.2 Å². The number of halogens is 7. The summed E-state index contributed by atoms with van der Waals surface area (Å²) in [6.07, 6.45) is -1.64. The zero-order valence-corrected chi connectivity index (χ0v) is 15.9. The Bertz CT molecular complexity index is 780. The maximum Gasteiger partial charge on any atom is 0.146 e. The number of carboxylic acid groups (broad SMARTS) is 1. The predicted molar refractivity (Wildman–Crippen MR) is 95.5 cm³/mol. The topological polar surface area (TPSA) is 43.4 Å². The molecule has 0 radical (unpaired) electrons. The van der Waals surface area contributed by atoms with Crippen molar-refractivity contribution in [2.45, 2.75) is 0 Å². The second-order valence-electron chi connectivity index (χ2n) is 4.12. The lowest BCUT2D eigenvalue weighted by atomic mass is 10.2. The Kier molecular flexibility index (Phi) is 6.07. The summed E-state index contributed by atoms with van der Waals surface area (Å²) in [6.45, 7) is 0. The maximum absolute atomic E-state index is 11.6. The molecule has 23 heavy (non-hydrogen) atoms. The van der Waals surface area contributed by atoms with Gasteiger partial charge in [0.05, 0.1) is 40.8 Å². The van der Waals surface area contributed by atoms with E-state index in [1.165, 1.54) is 18.2 Å². The number of carbonyl (C=O) groups excluding carboxylic acids is 1. The molecule has 2 aromatic carbocycles. The lowest BCUT2D eigenvalue weighted by Gasteiger charge is -2.28. The molecule has 0 aromatic heterocycles. The predicted octanol–water partition coefficient (Wildman–Crippen LogP) is 6.74. The Morgan fingerprint density at radius 3 is 1.70 bits per heavy atom. The summed E-state index contributed by atoms with van der Waals surface area (Å²) < 4.78 is 0. The van der Waals surface area contributed by atoms with Crippen molar-refractivity contribution in [2.75, 3.05) is 4.90 Å². The van der Waals surface area contributed by atoms with Crippen molar-refractivity contribution >= 4 is 98.7 Å². The van der Waals surface area contributed by atoms with Crippen LogP contribution >= 0.6 is 81.2 Å². The summed E-state index contributed by atoms with van der Waals surface area (Å²) in [6, 6.07) is 4.08. The summed E-state index contributed by atoms with van der Waals surface area (Å²) in [5.74, 6) is 0. The highest BCUT2D eigenvalue weighted by Gasteiger charge is 2.25. The van der Waals surface area contributed by atoms with Gasteiger partial charge in [0.25, 0.3) is 0 Å². The van der Waals surface area contributed by atoms with Gasteiger partial charge < -0.3 is 9.90 Å². The van der Waals surface area contributed by atoms with Gasteiger partial charge in [-0.1, -0.05) is 81.2 Å². The highest BCUT2D eigenvalue weighted by atomic mass is 35.5. The number of benzene rings is 2. The number of nitrogens with zero attached hydrogens (tertiary/aromatic N) is 1. The molecule has 0 spiro atoms. The Labute approximate surface area is 166 Å². The highest BCUT2D eigenvalue weighted by molar-refractivity contribution is 6.57. The quantitative estimate of drug-likeness (QED) is 0.373. The number of carbonyl (C=O) groups is 1. The molecule has 122 valence electrons. The second kappa shape index (κ2) is 7.32. The summed E-state index contributed by atoms with van der Waals surface area (Å²) in [5.41, 5.74) is -0.122. The van der Waals surface area contributed by atoms with Crippen LogP contribution in [0.4, 0.5) is 16.2 Å². The molecule has 0 atom stereocenters. The van der Waals surface area contributed by atoms with Crippen molar-refractivity contribution in [2.24, 2.45) is 0 Å². The SMILES string of the molecule is O=C([O-])N(c1ccc(Cl)c(Cl)c1)c1c(Cl)c(Cl)c(Cl)c(Cl)c1Cl. The molecule has 0 saturated heterocycles. The summed E-state index contributed by atoms with van der Waals surface area (Å²) in [5, 5.41) is 11.2. The molecule has 0 aliphatic heterocycles. The molecule has 2 aromatic rings. The fourth-order valence-electron chi connectivity index (χ4n) is 1.74. The molecular weight excluding hydrogens is 450 g/mol. The maximum atomic E-state index is 11.6. The van der Waals surface area contributed by atoms with Crippen LogP contribution in [0.15, 0.2) is 18.2 Å². The summed E-state index contributed by atoms with van der Waals surface area (Å²) >= 11 is 41.7. The van der Waals surface area contributed by atoms with Gasteiger partial charge in [0.15, 0.2) is 0 Å². The van der Waals surface area contributed by atoms with Crippen molar-refractivity contribution in [1.82, 2.24) is 0 Å². The van der Waals surface area contributed by atoms with E-state index in [0.29, 0.717) is 4.90 Å². The first-order chi connectivity index (χ1) is 10.7. The van der Waals surface area contributed by atoms with Crippen LogP contribution in [-0.4, -0.2) is 6.09 Å². The van der Waals surface area contributed by atoms with Crippen LogP contribution in [0, 0.1) is 0 Å². The van der Waals surface area contributed by atoms with Gasteiger partial charge >= 0.3 is 0 Å². The Hall–Kier alpha value is -0.260. The first-order valence-corrected chi connectivity index (χ1v) is 8.29. The van der Waals surface area contributed by atoms with Crippen LogP contribution in [0.25, 0.3) is 0 Å². The average molecular weight is 453 g/mol. The van der Waals surface area contributed by atoms with E-state index in [2.05, 4.69) is 0 Å². The molecule has 0 fully saturated rings. The van der Waals surface area contributed by atoms with Crippen molar-refractivity contribution in [1.29, 1.82) is 0 Å². The lowest BCUT2D eigenvalue weighted by Crippen LogP contribution is -2.38. The molecule has 0 aliphatic rings. The van der Waals surface area contributed by atoms with E-state index >= 15 is 0 Å². The van der Waals surface area contributed by atoms with E-state index in [9.17, 15) is 9.90 Å². The largest absolute Gasteiger partial charge is 0.529 e. The third-order valence-corrected chi connectivity index (χ3v) is 5.75. The van der Waals surface area contributed by atoms with E-state index in [0.717, 1.165) is 0 Å². The van der Waals surface area contributed by atoms with Gasteiger partial charge in [-0.25, -0.2) is 0 Å². The highest BCUT2D eigenvalue weighted by Crippen LogP contribution is 2.50. The first-order valence-electron chi connectivity index (χ1n) is 5.64. The summed E-state index contributed by atoms with van der Waals surface area (Å²) in [7, 11) is 0. The Balaban J connectivity index is 2.78. The van der Waals surface area contributed by atoms with Crippen LogP contribution in [-0.2, 0) is 0 Å². The molecule has 0 aliphatic carbocycles. The van der Waals surface area contributed by atoms with Crippen LogP contribution in [0.5, 0.6) is 0 Å². The molecule has 0 unspecified atom stereocenters. The molecule has 0 heterocycles. The van der Waals surface area contributed by atoms with Crippen molar-refractivity contribution in [3.8, 4) is 0 Å². The van der Waals surface area contributed by atoms with Crippen molar-refractivity contribution in [3.05, 3.63) is 53.4 Å². The monoisotopic (exact) mass is 450 g/mol. The van der Waals surface area contributed by atoms with E-state index in [-0.39, 0.29) is 46.5 Å². The molecule has 3 nitrogen and oxygen atoms in total. The van der Waals surface area contributed by atoms with Crippen LogP contribution in [0.1, 0.15) is 0 Å². The fourth-order valence-corrected chi connectivity index (χ4v) is 3.33. The minimum absolute atomic E-state index is 0.0812. The van der Waals surface area contributed by atoms with E-state index in [1.54, 1.807) is 0 Å². The normalized spacial score (nSPS) is 10.7. The molecule has 10 heteroatoms. The lowest BCUT2D eigenvalue weighted by molar-refractivity contribution is -0.245. The minimum Gasteiger partial charge on any atom is -0.529 e. The molecule has 0 saturated carbocycles. The summed E-state index contributed by atoms with van der Waals surface area (Å²) in [4.78, 5) is 12.3. The van der Waals surface area contributed by atoms with Gasteiger partial charge in [0, 0.05) is 5.69 Å². The van der Waals surface area contributed by atoms with Crippen molar-refractivity contribution < 1.29 is 9.90 Å². The minimum atomic E-state index is -1.64. The molecule has 1 amide bonds. The van der Waals surface area contributed by atoms with Crippen molar-refractivity contribution in [3.63, 3.8) is 0 Å². The number of amides is 1. The molecule has 0 bridgehead atoms. The Morgan fingerprint density at radius 2 is 1.26 bits per heavy atom. The number of hydrogen-bond acceptors (Lipinski definition) is 2. The van der Waals surface area contributed by atoms with E-state index < -0.39 is 6.09 Å². The smallest absolute Gasteiger partial charge is 0.146 e. The van der Waals surface area contributed by atoms with Crippen LogP contribution in [0.2, 0.25) is 35.2 Å². The fraction of sp³-hybridized carbons (Fsp3) is 0. The van der Waals surface area contributed by atoms with Gasteiger partial charge in [-0.15, -0.1) is 0 Å². The van der Waals surface area contributed by atoms with E-state index in [1.807, 2.05) is 0 Å². The standard InChI is InChI=1S/C13H4Cl7NO2/c14-5-2-1-4(3-6(5)15)21(13(22)23)12-10(19)8(17)7(16)9(18)11(12)20/h1-3H,(H,22,23)/p-1. The third-order valence-electron chi connectivity index (χ3n) is 2.75. The van der Waals surface area contributed by atoms with Gasteiger partial charge in [-0.2, -0.15) is 0 Å². The zero-order chi connectivity index (χ0) is 17.5. The number of rotatable bonds is 2. The first kappa shape index (κ1) is 19.1. The number of hydrogen-bond donors (Lipinski definition) is 0. The van der Waals surface area contributed by atoms with Crippen LogP contribution in [0.3, 0.4) is 0 Å². The van der Waals surface area contributed by atoms with Gasteiger partial charge in [0.2, 0.25) is 0 Å². The Morgan fingerprint density at radius 1 is 0.783 bits per heavy atom. The number of anilines is 2. The molecule has 2 rings (SSSR count). The molecule has 0 N–H and O–H groups in total. The van der Waals surface area contributed by atoms with Crippen LogP contribution < -0.4 is 10.0 Å². The molecular formula is C13H3Cl7NO2-. The third kappa shape index (κ3) is 3.57.